The molecule has 0 saturated carbocycles. The first-order chi connectivity index (χ1) is 10.6. The molecule has 134 valence electrons. The Balaban J connectivity index is 3.07. The molecule has 0 amide bonds. The van der Waals surface area contributed by atoms with Crippen molar-refractivity contribution in [2.24, 2.45) is 5.14 Å². The highest BCUT2D eigenvalue weighted by Gasteiger charge is 1.95. The molecule has 1 unspecified atom stereocenters. The van der Waals surface area contributed by atoms with Crippen molar-refractivity contribution < 1.29 is 8.76 Å². The van der Waals surface area contributed by atoms with Crippen LogP contribution in [0.15, 0.2) is 0 Å². The number of hydrogen-bond donors (Lipinski definition) is 2. The lowest BCUT2D eigenvalue weighted by Gasteiger charge is -2.03. The molecule has 0 aliphatic heterocycles. The SMILES string of the molecule is CCCCCCCCCCCCCCCCCC=S(N)(=O)O. The van der Waals surface area contributed by atoms with Crippen molar-refractivity contribution in [2.45, 2.75) is 110 Å². The smallest absolute Gasteiger partial charge is 0.138 e. The Morgan fingerprint density at radius 1 is 0.727 bits per heavy atom. The first-order valence-corrected chi connectivity index (χ1v) is 11.1. The normalized spacial score (nSPS) is 14.0. The van der Waals surface area contributed by atoms with Crippen LogP contribution < -0.4 is 5.14 Å². The Bertz CT molecular complexity index is 328. The second-order valence-corrected chi connectivity index (χ2v) is 8.08. The van der Waals surface area contributed by atoms with Crippen molar-refractivity contribution in [1.29, 1.82) is 0 Å². The van der Waals surface area contributed by atoms with Crippen LogP contribution >= 0.6 is 0 Å². The summed E-state index contributed by atoms with van der Waals surface area (Å²) in [6, 6.07) is 0. The van der Waals surface area contributed by atoms with Gasteiger partial charge in [-0.05, 0) is 12.8 Å². The van der Waals surface area contributed by atoms with Crippen LogP contribution in [0, 0.1) is 0 Å². The molecule has 1 atom stereocenters. The molecular weight excluding hydrogens is 294 g/mol. The monoisotopic (exact) mass is 333 g/mol. The van der Waals surface area contributed by atoms with E-state index in [1.54, 1.807) is 0 Å². The zero-order valence-corrected chi connectivity index (χ0v) is 15.5. The third-order valence-corrected chi connectivity index (χ3v) is 4.88. The molecule has 0 radical (unpaired) electrons. The van der Waals surface area contributed by atoms with Crippen molar-refractivity contribution in [2.75, 3.05) is 0 Å². The van der Waals surface area contributed by atoms with Gasteiger partial charge in [-0.2, -0.15) is 0 Å². The van der Waals surface area contributed by atoms with Crippen LogP contribution in [0.5, 0.6) is 0 Å². The summed E-state index contributed by atoms with van der Waals surface area (Å²) in [5, 5.41) is 6.37. The third-order valence-electron chi connectivity index (χ3n) is 4.16. The lowest BCUT2D eigenvalue weighted by atomic mass is 10.0. The first kappa shape index (κ1) is 21.9. The summed E-state index contributed by atoms with van der Waals surface area (Å²) in [5.41, 5.74) is 0. The summed E-state index contributed by atoms with van der Waals surface area (Å²) in [4.78, 5) is 0. The third kappa shape index (κ3) is 19.9. The summed E-state index contributed by atoms with van der Waals surface area (Å²) in [6.45, 7) is 2.27. The average molecular weight is 334 g/mol. The second-order valence-electron chi connectivity index (χ2n) is 6.52. The molecule has 0 heterocycles. The molecule has 0 rings (SSSR count). The number of nitrogens with two attached hydrogens (primary N) is 1. The molecular formula is C18H39NO2S. The maximum absolute atomic E-state index is 10.8. The molecule has 0 aromatic rings. The molecule has 0 aliphatic carbocycles. The van der Waals surface area contributed by atoms with E-state index >= 15 is 0 Å². The van der Waals surface area contributed by atoms with Gasteiger partial charge in [-0.15, -0.1) is 0 Å². The molecule has 0 spiro atoms. The van der Waals surface area contributed by atoms with Crippen LogP contribution in [-0.4, -0.2) is 14.1 Å². The highest BCUT2D eigenvalue weighted by molar-refractivity contribution is 7.93. The predicted octanol–water partition coefficient (Wildman–Crippen LogP) is 5.68. The molecule has 3 N–H and O–H groups in total. The molecule has 0 bridgehead atoms. The van der Waals surface area contributed by atoms with Gasteiger partial charge in [-0.1, -0.05) is 96.8 Å². The van der Waals surface area contributed by atoms with Crippen molar-refractivity contribution in [3.63, 3.8) is 0 Å². The van der Waals surface area contributed by atoms with E-state index in [0.717, 1.165) is 12.8 Å². The maximum atomic E-state index is 10.8. The Kier molecular flexibility index (Phi) is 15.8. The minimum absolute atomic E-state index is 0.657. The fourth-order valence-corrected chi connectivity index (χ4v) is 3.27. The van der Waals surface area contributed by atoms with E-state index in [-0.39, 0.29) is 0 Å². The van der Waals surface area contributed by atoms with E-state index in [4.69, 9.17) is 9.69 Å². The number of rotatable bonds is 16. The summed E-state index contributed by atoms with van der Waals surface area (Å²) < 4.78 is 19.7. The Morgan fingerprint density at radius 2 is 1.05 bits per heavy atom. The van der Waals surface area contributed by atoms with Crippen molar-refractivity contribution >= 4 is 15.4 Å². The van der Waals surface area contributed by atoms with E-state index < -0.39 is 9.99 Å². The zero-order valence-electron chi connectivity index (χ0n) is 14.7. The van der Waals surface area contributed by atoms with Crippen molar-refractivity contribution in [3.8, 4) is 0 Å². The van der Waals surface area contributed by atoms with Gasteiger partial charge in [0.2, 0.25) is 0 Å². The average Bonchev–Trinajstić information content (AvgIpc) is 2.45. The molecule has 4 heteroatoms. The van der Waals surface area contributed by atoms with E-state index in [1.165, 1.54) is 88.8 Å². The Labute approximate surface area is 139 Å². The Morgan fingerprint density at radius 3 is 1.36 bits per heavy atom. The van der Waals surface area contributed by atoms with Gasteiger partial charge in [-0.25, -0.2) is 9.35 Å². The topological polar surface area (TPSA) is 63.3 Å². The highest BCUT2D eigenvalue weighted by atomic mass is 32.2. The second kappa shape index (κ2) is 15.8. The van der Waals surface area contributed by atoms with Gasteiger partial charge < -0.3 is 4.55 Å². The van der Waals surface area contributed by atoms with Crippen LogP contribution in [0.3, 0.4) is 0 Å². The molecule has 0 saturated heterocycles. The molecule has 0 aromatic heterocycles. The maximum Gasteiger partial charge on any atom is 0.138 e. The molecule has 0 aromatic carbocycles. The Hall–Kier alpha value is -0.0600. The van der Waals surface area contributed by atoms with Crippen molar-refractivity contribution in [1.82, 2.24) is 0 Å². The van der Waals surface area contributed by atoms with Gasteiger partial charge in [0, 0.05) is 5.37 Å². The van der Waals surface area contributed by atoms with E-state index in [1.807, 2.05) is 0 Å². The predicted molar refractivity (Wildman–Crippen MR) is 101 cm³/mol. The highest BCUT2D eigenvalue weighted by Crippen LogP contribution is 2.13. The molecule has 0 aliphatic rings. The van der Waals surface area contributed by atoms with Gasteiger partial charge in [0.05, 0.1) is 0 Å². The lowest BCUT2D eigenvalue weighted by molar-refractivity contribution is 0.533. The largest absolute Gasteiger partial charge is 0.303 e. The van der Waals surface area contributed by atoms with Crippen molar-refractivity contribution in [3.05, 3.63) is 0 Å². The van der Waals surface area contributed by atoms with Gasteiger partial charge >= 0.3 is 0 Å². The van der Waals surface area contributed by atoms with Crippen LogP contribution in [0.4, 0.5) is 0 Å². The molecule has 0 fully saturated rings. The minimum Gasteiger partial charge on any atom is -0.303 e. The standard InChI is InChI=1S/C18H39NO2S/c1-2-3-4-5-6-7-8-9-10-11-12-13-14-15-16-17-18-22(19,20)21/h18H,2-17H2,1H3,(H3,19,20,21). The summed E-state index contributed by atoms with van der Waals surface area (Å²) in [7, 11) is -3.12. The molecule has 3 nitrogen and oxygen atoms in total. The van der Waals surface area contributed by atoms with Gasteiger partial charge in [0.25, 0.3) is 0 Å². The van der Waals surface area contributed by atoms with Crippen LogP contribution in [0.2, 0.25) is 0 Å². The van der Waals surface area contributed by atoms with E-state index in [2.05, 4.69) is 6.92 Å². The van der Waals surface area contributed by atoms with Crippen LogP contribution in [-0.2, 0) is 9.99 Å². The fraction of sp³-hybridized carbons (Fsp3) is 0.944. The summed E-state index contributed by atoms with van der Waals surface area (Å²) >= 11 is 0. The van der Waals surface area contributed by atoms with Gasteiger partial charge in [0.15, 0.2) is 0 Å². The van der Waals surface area contributed by atoms with E-state index in [0.29, 0.717) is 6.42 Å². The molecule has 22 heavy (non-hydrogen) atoms. The first-order valence-electron chi connectivity index (χ1n) is 9.44. The summed E-state index contributed by atoms with van der Waals surface area (Å²) in [5.74, 6) is 0. The summed E-state index contributed by atoms with van der Waals surface area (Å²) in [6.07, 6.45) is 20.7. The van der Waals surface area contributed by atoms with Gasteiger partial charge in [0.1, 0.15) is 9.99 Å². The lowest BCUT2D eigenvalue weighted by Crippen LogP contribution is -2.13. The zero-order chi connectivity index (χ0) is 16.5. The quantitative estimate of drug-likeness (QED) is 0.282. The van der Waals surface area contributed by atoms with E-state index in [9.17, 15) is 4.21 Å². The minimum atomic E-state index is -3.12. The van der Waals surface area contributed by atoms with Gasteiger partial charge in [-0.3, -0.25) is 0 Å². The van der Waals surface area contributed by atoms with Crippen LogP contribution in [0.25, 0.3) is 0 Å². The fourth-order valence-electron chi connectivity index (χ4n) is 2.77. The number of unbranched alkanes of at least 4 members (excludes halogenated alkanes) is 15. The van der Waals surface area contributed by atoms with Crippen LogP contribution in [0.1, 0.15) is 110 Å². The number of hydrogen-bond acceptors (Lipinski definition) is 1.